The van der Waals surface area contributed by atoms with Gasteiger partial charge in [0.1, 0.15) is 11.5 Å². The number of rotatable bonds is 6. The van der Waals surface area contributed by atoms with Crippen molar-refractivity contribution in [2.24, 2.45) is 0 Å². The Morgan fingerprint density at radius 1 is 1.04 bits per heavy atom. The van der Waals surface area contributed by atoms with Gasteiger partial charge in [-0.05, 0) is 48.5 Å². The summed E-state index contributed by atoms with van der Waals surface area (Å²) in [5.74, 6) is 0.989. The second kappa shape index (κ2) is 8.34. The fourth-order valence-electron chi connectivity index (χ4n) is 2.85. The maximum atomic E-state index is 12.1. The van der Waals surface area contributed by atoms with Crippen LogP contribution in [0.25, 0.3) is 0 Å². The molecule has 1 fully saturated rings. The molecule has 1 N–H and O–H groups in total. The van der Waals surface area contributed by atoms with Crippen molar-refractivity contribution < 1.29 is 14.3 Å². The first-order valence-electron chi connectivity index (χ1n) is 8.64. The van der Waals surface area contributed by atoms with Crippen LogP contribution < -0.4 is 15.0 Å². The van der Waals surface area contributed by atoms with Gasteiger partial charge in [0, 0.05) is 55.1 Å². The summed E-state index contributed by atoms with van der Waals surface area (Å²) in [6.45, 7) is 1.56. The molecule has 0 atom stereocenters. The van der Waals surface area contributed by atoms with Gasteiger partial charge in [0.25, 0.3) is 0 Å². The molecule has 3 rings (SSSR count). The highest BCUT2D eigenvalue weighted by Crippen LogP contribution is 2.21. The highest BCUT2D eigenvalue weighted by Gasteiger charge is 2.16. The molecule has 0 radical (unpaired) electrons. The first kappa shape index (κ1) is 17.7. The van der Waals surface area contributed by atoms with Crippen molar-refractivity contribution in [2.75, 3.05) is 30.4 Å². The number of Topliss-reactive ketones (excluding diaryl/α,β-unsaturated/α-hetero) is 1. The molecule has 5 heteroatoms. The summed E-state index contributed by atoms with van der Waals surface area (Å²) < 4.78 is 5.08. The molecule has 0 bridgehead atoms. The van der Waals surface area contributed by atoms with Crippen LogP contribution >= 0.6 is 0 Å². The highest BCUT2D eigenvalue weighted by molar-refractivity contribution is 6.04. The molecule has 0 amide bonds. The number of nitrogens with zero attached hydrogens (tertiary/aromatic N) is 1. The Hall–Kier alpha value is -3.08. The number of carbonyl (C=O) groups is 2. The van der Waals surface area contributed by atoms with Crippen molar-refractivity contribution in [3.63, 3.8) is 0 Å². The molecule has 2 aromatic carbocycles. The van der Waals surface area contributed by atoms with Gasteiger partial charge in [-0.2, -0.15) is 0 Å². The first-order chi connectivity index (χ1) is 12.7. The minimum atomic E-state index is -0.0743. The normalized spacial score (nSPS) is 14.5. The number of benzene rings is 2. The fourth-order valence-corrected chi connectivity index (χ4v) is 2.85. The summed E-state index contributed by atoms with van der Waals surface area (Å²) >= 11 is 0. The zero-order chi connectivity index (χ0) is 18.4. The van der Waals surface area contributed by atoms with Gasteiger partial charge in [-0.3, -0.25) is 9.59 Å². The average Bonchev–Trinajstić information content (AvgIpc) is 2.69. The fraction of sp³-hybridized carbons (Fsp3) is 0.238. The molecular weight excluding hydrogens is 328 g/mol. The number of carbonyl (C=O) groups excluding carboxylic acids is 2. The molecule has 5 nitrogen and oxygen atoms in total. The molecule has 1 saturated heterocycles. The Bertz CT molecular complexity index is 785. The van der Waals surface area contributed by atoms with Crippen LogP contribution in [0.3, 0.4) is 0 Å². The van der Waals surface area contributed by atoms with E-state index in [4.69, 9.17) is 4.74 Å². The molecule has 0 aromatic heterocycles. The smallest absolute Gasteiger partial charge is 0.187 e. The Kier molecular flexibility index (Phi) is 5.69. The quantitative estimate of drug-likeness (QED) is 0.636. The van der Waals surface area contributed by atoms with Crippen molar-refractivity contribution in [2.45, 2.75) is 12.8 Å². The van der Waals surface area contributed by atoms with Crippen LogP contribution in [0.2, 0.25) is 0 Å². The standard InChI is InChI=1S/C21H22N2O3/c1-26-20-8-2-16(3-9-20)21(25)10-13-22-17-4-6-18(7-5-17)23-14-11-19(24)12-15-23/h2-10,13,22H,11-12,14-15H2,1H3. The Morgan fingerprint density at radius 3 is 2.31 bits per heavy atom. The maximum Gasteiger partial charge on any atom is 0.187 e. The number of anilines is 2. The Morgan fingerprint density at radius 2 is 1.69 bits per heavy atom. The lowest BCUT2D eigenvalue weighted by Crippen LogP contribution is -2.33. The van der Waals surface area contributed by atoms with Gasteiger partial charge >= 0.3 is 0 Å². The van der Waals surface area contributed by atoms with E-state index < -0.39 is 0 Å². The molecule has 134 valence electrons. The van der Waals surface area contributed by atoms with E-state index in [1.54, 1.807) is 37.6 Å². The van der Waals surface area contributed by atoms with Gasteiger partial charge in [0.2, 0.25) is 0 Å². The third kappa shape index (κ3) is 4.51. The molecule has 0 aliphatic carbocycles. The summed E-state index contributed by atoms with van der Waals surface area (Å²) in [6.07, 6.45) is 4.39. The predicted octanol–water partition coefficient (Wildman–Crippen LogP) is 3.67. The summed E-state index contributed by atoms with van der Waals surface area (Å²) in [5.41, 5.74) is 2.63. The van der Waals surface area contributed by atoms with Crippen molar-refractivity contribution in [1.29, 1.82) is 0 Å². The van der Waals surface area contributed by atoms with Crippen molar-refractivity contribution in [3.05, 3.63) is 66.4 Å². The topological polar surface area (TPSA) is 58.6 Å². The molecule has 2 aromatic rings. The Labute approximate surface area is 153 Å². The van der Waals surface area contributed by atoms with Gasteiger partial charge in [-0.15, -0.1) is 0 Å². The van der Waals surface area contributed by atoms with E-state index in [9.17, 15) is 9.59 Å². The number of ketones is 2. The van der Waals surface area contributed by atoms with Crippen molar-refractivity contribution in [1.82, 2.24) is 0 Å². The lowest BCUT2D eigenvalue weighted by atomic mass is 10.1. The molecule has 0 spiro atoms. The monoisotopic (exact) mass is 350 g/mol. The van der Waals surface area contributed by atoms with Gasteiger partial charge in [-0.25, -0.2) is 0 Å². The van der Waals surface area contributed by atoms with Crippen LogP contribution in [-0.4, -0.2) is 31.8 Å². The predicted molar refractivity (Wildman–Crippen MR) is 103 cm³/mol. The van der Waals surface area contributed by atoms with Gasteiger partial charge < -0.3 is 15.0 Å². The highest BCUT2D eigenvalue weighted by atomic mass is 16.5. The zero-order valence-corrected chi connectivity index (χ0v) is 14.8. The minimum absolute atomic E-state index is 0.0743. The van der Waals surface area contributed by atoms with Crippen LogP contribution in [0, 0.1) is 0 Å². The summed E-state index contributed by atoms with van der Waals surface area (Å²) in [7, 11) is 1.59. The summed E-state index contributed by atoms with van der Waals surface area (Å²) in [6, 6.07) is 15.0. The number of nitrogens with one attached hydrogen (secondary N) is 1. The molecular formula is C21H22N2O3. The first-order valence-corrected chi connectivity index (χ1v) is 8.64. The van der Waals surface area contributed by atoms with Crippen molar-refractivity contribution >= 4 is 22.9 Å². The minimum Gasteiger partial charge on any atom is -0.497 e. The summed E-state index contributed by atoms with van der Waals surface area (Å²) in [4.78, 5) is 25.7. The van der Waals surface area contributed by atoms with E-state index in [1.165, 1.54) is 6.08 Å². The molecule has 1 aliphatic heterocycles. The van der Waals surface area contributed by atoms with Gasteiger partial charge in [0.05, 0.1) is 7.11 Å². The molecule has 26 heavy (non-hydrogen) atoms. The lowest BCUT2D eigenvalue weighted by molar-refractivity contribution is -0.119. The largest absolute Gasteiger partial charge is 0.497 e. The number of piperidine rings is 1. The van der Waals surface area contributed by atoms with E-state index in [0.717, 1.165) is 30.2 Å². The number of ether oxygens (including phenoxy) is 1. The van der Waals surface area contributed by atoms with Crippen LogP contribution in [-0.2, 0) is 4.79 Å². The number of hydrogen-bond donors (Lipinski definition) is 1. The van der Waals surface area contributed by atoms with E-state index in [-0.39, 0.29) is 5.78 Å². The number of methoxy groups -OCH3 is 1. The van der Waals surface area contributed by atoms with E-state index in [1.807, 2.05) is 24.3 Å². The lowest BCUT2D eigenvalue weighted by Gasteiger charge is -2.28. The van der Waals surface area contributed by atoms with Crippen LogP contribution in [0.15, 0.2) is 60.8 Å². The third-order valence-electron chi connectivity index (χ3n) is 4.41. The van der Waals surface area contributed by atoms with E-state index in [0.29, 0.717) is 24.2 Å². The average molecular weight is 350 g/mol. The SMILES string of the molecule is COc1ccc(C(=O)C=CNc2ccc(N3CCC(=O)CC3)cc2)cc1. The molecule has 1 heterocycles. The maximum absolute atomic E-state index is 12.1. The number of allylic oxidation sites excluding steroid dienone is 1. The second-order valence-electron chi connectivity index (χ2n) is 6.14. The zero-order valence-electron chi connectivity index (χ0n) is 14.8. The molecule has 1 aliphatic rings. The molecule has 0 saturated carbocycles. The molecule has 0 unspecified atom stereocenters. The third-order valence-corrected chi connectivity index (χ3v) is 4.41. The Balaban J connectivity index is 1.54. The summed E-state index contributed by atoms with van der Waals surface area (Å²) in [5, 5.41) is 3.11. The van der Waals surface area contributed by atoms with E-state index >= 15 is 0 Å². The van der Waals surface area contributed by atoms with Crippen LogP contribution in [0.5, 0.6) is 5.75 Å². The van der Waals surface area contributed by atoms with Crippen LogP contribution in [0.1, 0.15) is 23.2 Å². The van der Waals surface area contributed by atoms with Gasteiger partial charge in [-0.1, -0.05) is 0 Å². The number of hydrogen-bond acceptors (Lipinski definition) is 5. The van der Waals surface area contributed by atoms with E-state index in [2.05, 4.69) is 10.2 Å². The van der Waals surface area contributed by atoms with Crippen LogP contribution in [0.4, 0.5) is 11.4 Å². The van der Waals surface area contributed by atoms with Gasteiger partial charge in [0.15, 0.2) is 5.78 Å². The van der Waals surface area contributed by atoms with Crippen molar-refractivity contribution in [3.8, 4) is 5.75 Å². The second-order valence-corrected chi connectivity index (χ2v) is 6.14.